The molecule has 0 spiro atoms. The number of aryl methyl sites for hydroxylation is 1. The van der Waals surface area contributed by atoms with Gasteiger partial charge in [0.25, 0.3) is 0 Å². The van der Waals surface area contributed by atoms with Crippen molar-refractivity contribution in [3.8, 4) is 0 Å². The van der Waals surface area contributed by atoms with Crippen molar-refractivity contribution >= 4 is 0 Å². The summed E-state index contributed by atoms with van der Waals surface area (Å²) in [5.41, 5.74) is 9.01. The minimum absolute atomic E-state index is 0.164. The molecule has 0 bridgehead atoms. The molecule has 0 radical (unpaired) electrons. The lowest BCUT2D eigenvalue weighted by Gasteiger charge is -2.24. The number of fused-ring (bicyclic) bond motifs is 1. The number of rotatable bonds is 8. The van der Waals surface area contributed by atoms with Gasteiger partial charge in [0.2, 0.25) is 0 Å². The third kappa shape index (κ3) is 4.82. The molecule has 2 rings (SSSR count). The quantitative estimate of drug-likeness (QED) is 0.562. The average molecular weight is 289 g/mol. The summed E-state index contributed by atoms with van der Waals surface area (Å²) in [6.45, 7) is 3.98. The van der Waals surface area contributed by atoms with E-state index in [1.165, 1.54) is 61.6 Å². The minimum Gasteiger partial charge on any atom is -0.376 e. The smallest absolute Gasteiger partial charge is 0.114 e. The normalized spacial score (nSPS) is 20.3. The fourth-order valence-corrected chi connectivity index (χ4v) is 3.35. The van der Waals surface area contributed by atoms with Gasteiger partial charge < -0.3 is 10.8 Å². The van der Waals surface area contributed by atoms with Gasteiger partial charge in [0.15, 0.2) is 0 Å². The lowest BCUT2D eigenvalue weighted by molar-refractivity contribution is 0.00911. The van der Waals surface area contributed by atoms with Crippen LogP contribution in [0.5, 0.6) is 0 Å². The van der Waals surface area contributed by atoms with Crippen molar-refractivity contribution in [1.82, 2.24) is 0 Å². The van der Waals surface area contributed by atoms with Crippen LogP contribution in [-0.2, 0) is 19.3 Å². The zero-order chi connectivity index (χ0) is 15.3. The van der Waals surface area contributed by atoms with Crippen molar-refractivity contribution in [2.24, 2.45) is 11.7 Å². The van der Waals surface area contributed by atoms with Crippen molar-refractivity contribution in [3.63, 3.8) is 0 Å². The lowest BCUT2D eigenvalue weighted by atomic mass is 9.95. The van der Waals surface area contributed by atoms with Gasteiger partial charge in [-0.15, -0.1) is 0 Å². The average Bonchev–Trinajstić information content (AvgIpc) is 2.86. The Morgan fingerprint density at radius 1 is 1.10 bits per heavy atom. The second-order valence-electron chi connectivity index (χ2n) is 6.95. The van der Waals surface area contributed by atoms with Crippen molar-refractivity contribution in [1.29, 1.82) is 0 Å². The number of benzene rings is 1. The Hall–Kier alpha value is -0.860. The van der Waals surface area contributed by atoms with Crippen LogP contribution in [0.1, 0.15) is 69.1 Å². The first-order valence-corrected chi connectivity index (χ1v) is 8.62. The number of hydrogen-bond acceptors (Lipinski definition) is 2. The van der Waals surface area contributed by atoms with Crippen LogP contribution < -0.4 is 5.73 Å². The number of aliphatic hydroxyl groups is 1. The fourth-order valence-electron chi connectivity index (χ4n) is 3.35. The maximum absolute atomic E-state index is 9.98. The van der Waals surface area contributed by atoms with Gasteiger partial charge in [-0.2, -0.15) is 0 Å². The minimum atomic E-state index is -1.06. The molecule has 118 valence electrons. The Morgan fingerprint density at radius 3 is 2.48 bits per heavy atom. The monoisotopic (exact) mass is 289 g/mol. The number of nitrogens with two attached hydrogens (primary N) is 1. The third-order valence-electron chi connectivity index (χ3n) is 4.85. The highest BCUT2D eigenvalue weighted by Crippen LogP contribution is 2.32. The first-order valence-electron chi connectivity index (χ1n) is 8.62. The van der Waals surface area contributed by atoms with Crippen LogP contribution in [0.2, 0.25) is 0 Å². The van der Waals surface area contributed by atoms with Crippen LogP contribution in [0.4, 0.5) is 0 Å². The highest BCUT2D eigenvalue weighted by Gasteiger charge is 2.33. The van der Waals surface area contributed by atoms with Gasteiger partial charge in [-0.3, -0.25) is 0 Å². The molecule has 1 aromatic rings. The van der Waals surface area contributed by atoms with E-state index in [4.69, 9.17) is 5.73 Å². The molecule has 0 aromatic heterocycles. The van der Waals surface area contributed by atoms with Crippen LogP contribution >= 0.6 is 0 Å². The summed E-state index contributed by atoms with van der Waals surface area (Å²) in [6.07, 6.45) is 11.1. The molecule has 1 aliphatic rings. The van der Waals surface area contributed by atoms with Crippen molar-refractivity contribution in [3.05, 3.63) is 34.9 Å². The van der Waals surface area contributed by atoms with E-state index in [9.17, 15) is 5.11 Å². The SMILES string of the molecule is CCCCCCCCc1ccc2c(c1)C[C@@H]([C@@](C)(N)O)C2. The summed E-state index contributed by atoms with van der Waals surface area (Å²) < 4.78 is 0. The Morgan fingerprint density at radius 2 is 1.76 bits per heavy atom. The Kier molecular flexibility index (Phi) is 5.83. The van der Waals surface area contributed by atoms with E-state index in [0.29, 0.717) is 0 Å². The molecule has 0 heterocycles. The van der Waals surface area contributed by atoms with E-state index in [0.717, 1.165) is 12.8 Å². The van der Waals surface area contributed by atoms with Crippen LogP contribution in [0.3, 0.4) is 0 Å². The van der Waals surface area contributed by atoms with Crippen LogP contribution in [0, 0.1) is 5.92 Å². The van der Waals surface area contributed by atoms with Crippen molar-refractivity contribution < 1.29 is 5.11 Å². The predicted molar refractivity (Wildman–Crippen MR) is 89.2 cm³/mol. The molecule has 1 aliphatic carbocycles. The van der Waals surface area contributed by atoms with Gasteiger partial charge in [-0.1, -0.05) is 57.2 Å². The number of hydrogen-bond donors (Lipinski definition) is 2. The first-order chi connectivity index (χ1) is 10.0. The summed E-state index contributed by atoms with van der Waals surface area (Å²) in [4.78, 5) is 0. The molecule has 0 unspecified atom stereocenters. The summed E-state index contributed by atoms with van der Waals surface area (Å²) in [5, 5.41) is 9.98. The molecule has 0 aliphatic heterocycles. The Bertz CT molecular complexity index is 447. The molecule has 2 atom stereocenters. The second kappa shape index (κ2) is 7.42. The molecular weight excluding hydrogens is 258 g/mol. The standard InChI is InChI=1S/C19H31NO/c1-3-4-5-6-7-8-9-15-10-11-16-13-18(19(2,20)21)14-17(16)12-15/h10-12,18,21H,3-9,13-14,20H2,1-2H3/t18-,19-/m0/s1. The number of unbranched alkanes of at least 4 members (excludes halogenated alkanes) is 5. The molecule has 0 saturated carbocycles. The summed E-state index contributed by atoms with van der Waals surface area (Å²) >= 11 is 0. The molecule has 3 N–H and O–H groups in total. The van der Waals surface area contributed by atoms with Gasteiger partial charge in [0.1, 0.15) is 5.72 Å². The topological polar surface area (TPSA) is 46.2 Å². The second-order valence-corrected chi connectivity index (χ2v) is 6.95. The molecular formula is C19H31NO. The molecule has 0 saturated heterocycles. The maximum atomic E-state index is 9.98. The Labute approximate surface area is 129 Å². The van der Waals surface area contributed by atoms with Gasteiger partial charge >= 0.3 is 0 Å². The van der Waals surface area contributed by atoms with Crippen LogP contribution in [0.25, 0.3) is 0 Å². The summed E-state index contributed by atoms with van der Waals surface area (Å²) in [7, 11) is 0. The van der Waals surface area contributed by atoms with Gasteiger partial charge in [-0.25, -0.2) is 0 Å². The van der Waals surface area contributed by atoms with E-state index in [1.54, 1.807) is 6.92 Å². The molecule has 0 amide bonds. The zero-order valence-corrected chi connectivity index (χ0v) is 13.7. The van der Waals surface area contributed by atoms with Crippen molar-refractivity contribution in [2.45, 2.75) is 77.4 Å². The summed E-state index contributed by atoms with van der Waals surface area (Å²) in [6, 6.07) is 6.85. The Balaban J connectivity index is 1.81. The van der Waals surface area contributed by atoms with E-state index in [1.807, 2.05) is 0 Å². The highest BCUT2D eigenvalue weighted by molar-refractivity contribution is 5.37. The van der Waals surface area contributed by atoms with E-state index >= 15 is 0 Å². The fraction of sp³-hybridized carbons (Fsp3) is 0.684. The van der Waals surface area contributed by atoms with Gasteiger partial charge in [-0.05, 0) is 49.3 Å². The predicted octanol–water partition coefficient (Wildman–Crippen LogP) is 3.97. The molecule has 2 heteroatoms. The first kappa shape index (κ1) is 16.5. The van der Waals surface area contributed by atoms with E-state index in [2.05, 4.69) is 25.1 Å². The van der Waals surface area contributed by atoms with Crippen LogP contribution in [0.15, 0.2) is 18.2 Å². The van der Waals surface area contributed by atoms with Gasteiger partial charge in [0, 0.05) is 5.92 Å². The lowest BCUT2D eigenvalue weighted by Crippen LogP contribution is -2.44. The van der Waals surface area contributed by atoms with E-state index < -0.39 is 5.72 Å². The zero-order valence-electron chi connectivity index (χ0n) is 13.7. The third-order valence-corrected chi connectivity index (χ3v) is 4.85. The van der Waals surface area contributed by atoms with Gasteiger partial charge in [0.05, 0.1) is 0 Å². The highest BCUT2D eigenvalue weighted by atomic mass is 16.3. The summed E-state index contributed by atoms with van der Waals surface area (Å²) in [5.74, 6) is 0.164. The molecule has 1 aromatic carbocycles. The molecule has 2 nitrogen and oxygen atoms in total. The largest absolute Gasteiger partial charge is 0.376 e. The molecule has 21 heavy (non-hydrogen) atoms. The van der Waals surface area contributed by atoms with E-state index in [-0.39, 0.29) is 5.92 Å². The van der Waals surface area contributed by atoms with Crippen molar-refractivity contribution in [2.75, 3.05) is 0 Å². The van der Waals surface area contributed by atoms with Crippen LogP contribution in [-0.4, -0.2) is 10.8 Å². The maximum Gasteiger partial charge on any atom is 0.114 e. The molecule has 0 fully saturated rings.